The van der Waals surface area contributed by atoms with E-state index in [-0.39, 0.29) is 12.5 Å². The largest absolute Gasteiger partial charge is 0.480 e. The topological polar surface area (TPSA) is 47.4 Å². The molecule has 5 nitrogen and oxygen atoms in total. The Morgan fingerprint density at radius 3 is 2.80 bits per heavy atom. The van der Waals surface area contributed by atoms with Crippen LogP contribution in [0.2, 0.25) is 0 Å². The van der Waals surface area contributed by atoms with Gasteiger partial charge in [-0.25, -0.2) is 0 Å². The lowest BCUT2D eigenvalue weighted by Crippen LogP contribution is -2.30. The predicted octanol–water partition coefficient (Wildman–Crippen LogP) is 2.14. The number of ether oxygens (including phenoxy) is 1. The molecule has 1 amide bonds. The van der Waals surface area contributed by atoms with Gasteiger partial charge in [0.2, 0.25) is 0 Å². The second-order valence-electron chi connectivity index (χ2n) is 4.74. The fourth-order valence-corrected chi connectivity index (χ4v) is 2.69. The van der Waals surface area contributed by atoms with Gasteiger partial charge in [-0.1, -0.05) is 6.07 Å². The van der Waals surface area contributed by atoms with E-state index in [9.17, 15) is 4.79 Å². The molecule has 0 aromatic carbocycles. The fraction of sp³-hybridized carbons (Fsp3) is 0.429. The fourth-order valence-electron chi connectivity index (χ4n) is 1.93. The van der Waals surface area contributed by atoms with Crippen molar-refractivity contribution in [1.82, 2.24) is 14.7 Å². The number of likely N-dealkylation sites (N-methyl/N-ethyl adjacent to an activating group) is 1. The van der Waals surface area contributed by atoms with E-state index in [1.54, 1.807) is 28.0 Å². The maximum absolute atomic E-state index is 12.1. The van der Waals surface area contributed by atoms with E-state index in [1.165, 1.54) is 0 Å². The van der Waals surface area contributed by atoms with Crippen LogP contribution in [0.4, 0.5) is 0 Å². The molecule has 0 radical (unpaired) electrons. The first kappa shape index (κ1) is 14.6. The van der Waals surface area contributed by atoms with E-state index < -0.39 is 0 Å². The van der Waals surface area contributed by atoms with E-state index in [2.05, 4.69) is 5.10 Å². The molecule has 0 saturated carbocycles. The van der Waals surface area contributed by atoms with Gasteiger partial charge in [0.05, 0.1) is 12.2 Å². The highest BCUT2D eigenvalue weighted by molar-refractivity contribution is 7.09. The molecule has 0 bridgehead atoms. The second-order valence-corrected chi connectivity index (χ2v) is 5.77. The summed E-state index contributed by atoms with van der Waals surface area (Å²) in [7, 11) is 3.65. The van der Waals surface area contributed by atoms with E-state index in [1.807, 2.05) is 38.4 Å². The van der Waals surface area contributed by atoms with Gasteiger partial charge >= 0.3 is 0 Å². The summed E-state index contributed by atoms with van der Waals surface area (Å²) >= 11 is 1.64. The highest BCUT2D eigenvalue weighted by Gasteiger charge is 2.15. The van der Waals surface area contributed by atoms with E-state index in [0.29, 0.717) is 12.3 Å². The van der Waals surface area contributed by atoms with Crippen molar-refractivity contribution in [1.29, 1.82) is 0 Å². The number of aromatic nitrogens is 2. The summed E-state index contributed by atoms with van der Waals surface area (Å²) in [6.07, 6.45) is 0. The zero-order valence-electron chi connectivity index (χ0n) is 12.2. The van der Waals surface area contributed by atoms with Crippen molar-refractivity contribution in [2.24, 2.45) is 7.05 Å². The van der Waals surface area contributed by atoms with Gasteiger partial charge in [0, 0.05) is 19.0 Å². The van der Waals surface area contributed by atoms with Crippen molar-refractivity contribution in [3.63, 3.8) is 0 Å². The van der Waals surface area contributed by atoms with Crippen LogP contribution in [0.1, 0.15) is 16.3 Å². The minimum Gasteiger partial charge on any atom is -0.480 e. The van der Waals surface area contributed by atoms with Crippen molar-refractivity contribution in [3.8, 4) is 5.75 Å². The number of aryl methyl sites for hydroxylation is 2. The molecule has 108 valence electrons. The Morgan fingerprint density at radius 2 is 2.25 bits per heavy atom. The molecule has 0 aliphatic rings. The molecule has 0 spiro atoms. The number of nitrogens with zero attached hydrogens (tertiary/aromatic N) is 3. The summed E-state index contributed by atoms with van der Waals surface area (Å²) in [6, 6.07) is 4.00. The van der Waals surface area contributed by atoms with Crippen LogP contribution in [0.3, 0.4) is 0 Å². The Balaban J connectivity index is 1.91. The van der Waals surface area contributed by atoms with Gasteiger partial charge in [0.15, 0.2) is 12.4 Å². The summed E-state index contributed by atoms with van der Waals surface area (Å²) in [5, 5.41) is 6.27. The molecule has 0 fully saturated rings. The van der Waals surface area contributed by atoms with Gasteiger partial charge in [-0.15, -0.1) is 11.3 Å². The monoisotopic (exact) mass is 293 g/mol. The third kappa shape index (κ3) is 3.19. The first-order valence-electron chi connectivity index (χ1n) is 6.38. The number of carbonyl (C=O) groups excluding carboxylic acids is 1. The Morgan fingerprint density at radius 1 is 1.50 bits per heavy atom. The molecule has 0 N–H and O–H groups in total. The molecule has 6 heteroatoms. The van der Waals surface area contributed by atoms with Gasteiger partial charge in [-0.05, 0) is 25.3 Å². The minimum atomic E-state index is -0.0407. The molecular weight excluding hydrogens is 274 g/mol. The van der Waals surface area contributed by atoms with Crippen LogP contribution in [0.5, 0.6) is 5.75 Å². The summed E-state index contributed by atoms with van der Waals surface area (Å²) in [5.41, 5.74) is 1.73. The predicted molar refractivity (Wildman–Crippen MR) is 79.0 cm³/mol. The molecular formula is C14H19N3O2S. The summed E-state index contributed by atoms with van der Waals surface area (Å²) in [4.78, 5) is 14.9. The molecule has 0 aliphatic heterocycles. The molecule has 2 rings (SSSR count). The van der Waals surface area contributed by atoms with Gasteiger partial charge in [0.25, 0.3) is 5.91 Å². The zero-order chi connectivity index (χ0) is 14.7. The molecule has 0 saturated heterocycles. The Bertz CT molecular complexity index is 590. The van der Waals surface area contributed by atoms with E-state index in [0.717, 1.165) is 16.3 Å². The van der Waals surface area contributed by atoms with Gasteiger partial charge < -0.3 is 9.64 Å². The molecule has 0 unspecified atom stereocenters. The van der Waals surface area contributed by atoms with Crippen LogP contribution in [0, 0.1) is 13.8 Å². The van der Waals surface area contributed by atoms with E-state index in [4.69, 9.17) is 4.74 Å². The molecule has 2 aromatic rings. The zero-order valence-corrected chi connectivity index (χ0v) is 13.0. The summed E-state index contributed by atoms with van der Waals surface area (Å²) < 4.78 is 7.37. The van der Waals surface area contributed by atoms with Crippen molar-refractivity contribution < 1.29 is 9.53 Å². The average Bonchev–Trinajstić information content (AvgIpc) is 2.98. The van der Waals surface area contributed by atoms with Gasteiger partial charge in [0.1, 0.15) is 5.69 Å². The normalized spacial score (nSPS) is 10.6. The van der Waals surface area contributed by atoms with Gasteiger partial charge in [-0.3, -0.25) is 9.48 Å². The van der Waals surface area contributed by atoms with Crippen molar-refractivity contribution in [2.45, 2.75) is 20.4 Å². The number of hydrogen-bond acceptors (Lipinski definition) is 4. The molecule has 0 atom stereocenters. The lowest BCUT2D eigenvalue weighted by atomic mass is 10.3. The smallest absolute Gasteiger partial charge is 0.260 e. The number of hydrogen-bond donors (Lipinski definition) is 0. The molecule has 20 heavy (non-hydrogen) atoms. The first-order chi connectivity index (χ1) is 9.49. The van der Waals surface area contributed by atoms with Crippen LogP contribution < -0.4 is 4.74 Å². The number of thiophene rings is 1. The third-order valence-electron chi connectivity index (χ3n) is 3.18. The quantitative estimate of drug-likeness (QED) is 0.848. The maximum atomic E-state index is 12.1. The number of amides is 1. The first-order valence-corrected chi connectivity index (χ1v) is 7.26. The van der Waals surface area contributed by atoms with Crippen LogP contribution in [0.15, 0.2) is 17.5 Å². The molecule has 2 heterocycles. The summed E-state index contributed by atoms with van der Waals surface area (Å²) in [5.74, 6) is 0.659. The number of rotatable bonds is 5. The second kappa shape index (κ2) is 6.09. The minimum absolute atomic E-state index is 0.0370. The maximum Gasteiger partial charge on any atom is 0.260 e. The lowest BCUT2D eigenvalue weighted by molar-refractivity contribution is -0.132. The standard InChI is InChI=1S/C14H19N3O2S/c1-10-14(11(2)17(4)15-10)19-9-13(18)16(3)8-12-6-5-7-20-12/h5-7H,8-9H2,1-4H3. The summed E-state index contributed by atoms with van der Waals surface area (Å²) in [6.45, 7) is 4.46. The Hall–Kier alpha value is -1.82. The van der Waals surface area contributed by atoms with E-state index >= 15 is 0 Å². The highest BCUT2D eigenvalue weighted by Crippen LogP contribution is 2.21. The SMILES string of the molecule is Cc1nn(C)c(C)c1OCC(=O)N(C)Cc1cccs1. The van der Waals surface area contributed by atoms with Crippen LogP contribution in [-0.4, -0.2) is 34.2 Å². The molecule has 0 aliphatic carbocycles. The van der Waals surface area contributed by atoms with Gasteiger partial charge in [-0.2, -0.15) is 5.10 Å². The van der Waals surface area contributed by atoms with Crippen LogP contribution in [-0.2, 0) is 18.4 Å². The van der Waals surface area contributed by atoms with Crippen molar-refractivity contribution in [3.05, 3.63) is 33.8 Å². The number of carbonyl (C=O) groups is 1. The lowest BCUT2D eigenvalue weighted by Gasteiger charge is -2.16. The average molecular weight is 293 g/mol. The molecule has 2 aromatic heterocycles. The van der Waals surface area contributed by atoms with Crippen molar-refractivity contribution in [2.75, 3.05) is 13.7 Å². The highest BCUT2D eigenvalue weighted by atomic mass is 32.1. The Labute approximate surface area is 122 Å². The van der Waals surface area contributed by atoms with Crippen LogP contribution >= 0.6 is 11.3 Å². The van der Waals surface area contributed by atoms with Crippen LogP contribution in [0.25, 0.3) is 0 Å². The Kier molecular flexibility index (Phi) is 4.44. The van der Waals surface area contributed by atoms with Crippen molar-refractivity contribution >= 4 is 17.2 Å². The third-order valence-corrected chi connectivity index (χ3v) is 4.04.